The van der Waals surface area contributed by atoms with E-state index in [0.29, 0.717) is 11.0 Å². The second-order valence-electron chi connectivity index (χ2n) is 4.32. The van der Waals surface area contributed by atoms with Crippen LogP contribution in [0.3, 0.4) is 0 Å². The maximum Gasteiger partial charge on any atom is 0.283 e. The molecule has 1 N–H and O–H groups in total. The van der Waals surface area contributed by atoms with Crippen LogP contribution in [0.5, 0.6) is 0 Å². The highest BCUT2D eigenvalue weighted by atomic mass is 79.9. The van der Waals surface area contributed by atoms with Crippen LogP contribution < -0.4 is 5.32 Å². The van der Waals surface area contributed by atoms with Crippen molar-refractivity contribution in [3.8, 4) is 0 Å². The molecule has 0 saturated heterocycles. The Balaban J connectivity index is 2.55. The summed E-state index contributed by atoms with van der Waals surface area (Å²) in [7, 11) is -0.267. The van der Waals surface area contributed by atoms with Gasteiger partial charge in [0.2, 0.25) is 10.0 Å². The van der Waals surface area contributed by atoms with Crippen molar-refractivity contribution < 1.29 is 13.3 Å². The maximum atomic E-state index is 11.5. The molecule has 20 heavy (non-hydrogen) atoms. The molecule has 0 amide bonds. The molecule has 0 spiro atoms. The molecule has 0 unspecified atom stereocenters. The number of halogens is 1. The Hall–Kier alpha value is -1.03. The lowest BCUT2D eigenvalue weighted by atomic mass is 10.2. The Bertz CT molecular complexity index is 589. The number of benzene rings is 1. The first-order valence-corrected chi connectivity index (χ1v) is 8.18. The first-order valence-electron chi connectivity index (χ1n) is 5.78. The topological polar surface area (TPSA) is 92.6 Å². The van der Waals surface area contributed by atoms with Crippen LogP contribution in [0.25, 0.3) is 0 Å². The molecule has 0 aliphatic rings. The van der Waals surface area contributed by atoms with Gasteiger partial charge in [-0.2, -0.15) is 0 Å². The largest absolute Gasteiger partial charge is 0.312 e. The van der Waals surface area contributed by atoms with Crippen molar-refractivity contribution in [3.05, 3.63) is 38.3 Å². The minimum Gasteiger partial charge on any atom is -0.312 e. The molecule has 9 heteroatoms. The van der Waals surface area contributed by atoms with Crippen molar-refractivity contribution in [2.75, 3.05) is 26.4 Å². The van der Waals surface area contributed by atoms with E-state index < -0.39 is 14.9 Å². The van der Waals surface area contributed by atoms with Gasteiger partial charge in [0.1, 0.15) is 0 Å². The molecule has 1 rings (SSSR count). The summed E-state index contributed by atoms with van der Waals surface area (Å²) in [6, 6.07) is 4.80. The lowest BCUT2D eigenvalue weighted by Gasteiger charge is -2.11. The van der Waals surface area contributed by atoms with E-state index in [4.69, 9.17) is 0 Å². The van der Waals surface area contributed by atoms with Crippen molar-refractivity contribution in [1.29, 1.82) is 0 Å². The van der Waals surface area contributed by atoms with Gasteiger partial charge in [-0.1, -0.05) is 6.07 Å². The Kier molecular flexibility index (Phi) is 6.06. The molecular formula is C11H16BrN3O4S. The van der Waals surface area contributed by atoms with Crippen LogP contribution in [-0.4, -0.2) is 44.0 Å². The molecule has 1 aromatic carbocycles. The lowest BCUT2D eigenvalue weighted by molar-refractivity contribution is -0.385. The van der Waals surface area contributed by atoms with Gasteiger partial charge < -0.3 is 5.32 Å². The third kappa shape index (κ3) is 4.82. The van der Waals surface area contributed by atoms with Gasteiger partial charge in [0.25, 0.3) is 5.69 Å². The van der Waals surface area contributed by atoms with Gasteiger partial charge in [-0.05, 0) is 27.6 Å². The van der Waals surface area contributed by atoms with Crippen LogP contribution in [0.4, 0.5) is 5.69 Å². The Morgan fingerprint density at radius 2 is 2.05 bits per heavy atom. The highest BCUT2D eigenvalue weighted by Gasteiger charge is 2.14. The molecule has 0 aliphatic carbocycles. The number of hydrogen-bond donors (Lipinski definition) is 1. The molecular weight excluding hydrogens is 350 g/mol. The normalized spacial score (nSPS) is 11.8. The molecule has 0 fully saturated rings. The Morgan fingerprint density at radius 1 is 1.40 bits per heavy atom. The van der Waals surface area contributed by atoms with E-state index in [1.807, 2.05) is 0 Å². The summed E-state index contributed by atoms with van der Waals surface area (Å²) < 4.78 is 24.6. The van der Waals surface area contributed by atoms with Gasteiger partial charge in [-0.3, -0.25) is 10.1 Å². The third-order valence-corrected chi connectivity index (χ3v) is 5.13. The summed E-state index contributed by atoms with van der Waals surface area (Å²) in [6.07, 6.45) is 0. The van der Waals surface area contributed by atoms with E-state index in [0.717, 1.165) is 5.56 Å². The summed E-state index contributed by atoms with van der Waals surface area (Å²) in [5, 5.41) is 13.7. The van der Waals surface area contributed by atoms with Crippen molar-refractivity contribution in [2.45, 2.75) is 6.54 Å². The van der Waals surface area contributed by atoms with Gasteiger partial charge in [0, 0.05) is 33.3 Å². The average molecular weight is 366 g/mol. The van der Waals surface area contributed by atoms with Crippen LogP contribution in [-0.2, 0) is 16.6 Å². The summed E-state index contributed by atoms with van der Waals surface area (Å²) >= 11 is 3.11. The lowest BCUT2D eigenvalue weighted by Crippen LogP contribution is -2.31. The first-order chi connectivity index (χ1) is 9.24. The number of nitrogens with zero attached hydrogens (tertiary/aromatic N) is 2. The van der Waals surface area contributed by atoms with E-state index in [1.165, 1.54) is 24.5 Å². The van der Waals surface area contributed by atoms with E-state index in [9.17, 15) is 18.5 Å². The number of hydrogen-bond acceptors (Lipinski definition) is 5. The summed E-state index contributed by atoms with van der Waals surface area (Å²) in [5.41, 5.74) is 0.715. The van der Waals surface area contributed by atoms with Gasteiger partial charge in [-0.25, -0.2) is 12.7 Å². The van der Waals surface area contributed by atoms with Crippen molar-refractivity contribution in [3.63, 3.8) is 0 Å². The smallest absolute Gasteiger partial charge is 0.283 e. The average Bonchev–Trinajstić information content (AvgIpc) is 2.35. The highest BCUT2D eigenvalue weighted by molar-refractivity contribution is 9.10. The number of nitro benzene ring substituents is 1. The minimum atomic E-state index is -3.23. The summed E-state index contributed by atoms with van der Waals surface area (Å²) in [5.74, 6) is -0.0153. The number of nitro groups is 1. The van der Waals surface area contributed by atoms with Crippen molar-refractivity contribution in [1.82, 2.24) is 9.62 Å². The molecule has 0 bridgehead atoms. The zero-order chi connectivity index (χ0) is 15.3. The number of sulfonamides is 1. The maximum absolute atomic E-state index is 11.5. The number of nitrogens with one attached hydrogen (secondary N) is 1. The molecule has 112 valence electrons. The molecule has 0 saturated carbocycles. The highest BCUT2D eigenvalue weighted by Crippen LogP contribution is 2.25. The first kappa shape index (κ1) is 17.0. The van der Waals surface area contributed by atoms with Crippen LogP contribution in [0.2, 0.25) is 0 Å². The third-order valence-electron chi connectivity index (χ3n) is 2.63. The Labute approximate surface area is 126 Å². The van der Waals surface area contributed by atoms with E-state index in [2.05, 4.69) is 21.2 Å². The Morgan fingerprint density at radius 3 is 2.60 bits per heavy atom. The number of rotatable bonds is 7. The second kappa shape index (κ2) is 7.11. The van der Waals surface area contributed by atoms with Gasteiger partial charge >= 0.3 is 0 Å². The summed E-state index contributed by atoms with van der Waals surface area (Å²) in [6.45, 7) is 0.654. The minimum absolute atomic E-state index is 0.00906. The van der Waals surface area contributed by atoms with E-state index >= 15 is 0 Å². The zero-order valence-electron chi connectivity index (χ0n) is 11.2. The van der Waals surface area contributed by atoms with E-state index in [1.54, 1.807) is 12.1 Å². The molecule has 0 aliphatic heterocycles. The van der Waals surface area contributed by atoms with E-state index in [-0.39, 0.29) is 18.0 Å². The summed E-state index contributed by atoms with van der Waals surface area (Å²) in [4.78, 5) is 10.3. The van der Waals surface area contributed by atoms with Crippen LogP contribution >= 0.6 is 15.9 Å². The fourth-order valence-electron chi connectivity index (χ4n) is 1.42. The second-order valence-corrected chi connectivity index (χ2v) is 7.47. The predicted octanol–water partition coefficient (Wildman–Crippen LogP) is 1.34. The van der Waals surface area contributed by atoms with Crippen molar-refractivity contribution in [2.24, 2.45) is 0 Å². The van der Waals surface area contributed by atoms with Crippen LogP contribution in [0.15, 0.2) is 22.7 Å². The quantitative estimate of drug-likeness (QED) is 0.447. The zero-order valence-corrected chi connectivity index (χ0v) is 13.6. The van der Waals surface area contributed by atoms with Crippen LogP contribution in [0.1, 0.15) is 5.56 Å². The SMILES string of the molecule is CN(C)S(=O)(=O)CCNCc1ccc(Br)c([N+](=O)[O-])c1. The molecule has 0 atom stereocenters. The molecule has 1 aromatic rings. The van der Waals surface area contributed by atoms with Gasteiger partial charge in [0.05, 0.1) is 15.1 Å². The predicted molar refractivity (Wildman–Crippen MR) is 80.0 cm³/mol. The molecule has 0 aromatic heterocycles. The molecule has 0 heterocycles. The standard InChI is InChI=1S/C11H16BrN3O4S/c1-14(2)20(18,19)6-5-13-8-9-3-4-10(12)11(7-9)15(16)17/h3-4,7,13H,5-6,8H2,1-2H3. The fraction of sp³-hybridized carbons (Fsp3) is 0.455. The molecule has 0 radical (unpaired) electrons. The monoisotopic (exact) mass is 365 g/mol. The van der Waals surface area contributed by atoms with Gasteiger partial charge in [-0.15, -0.1) is 0 Å². The van der Waals surface area contributed by atoms with Gasteiger partial charge in [0.15, 0.2) is 0 Å². The fourth-order valence-corrected chi connectivity index (χ4v) is 2.58. The van der Waals surface area contributed by atoms with Crippen molar-refractivity contribution >= 4 is 31.6 Å². The van der Waals surface area contributed by atoms with Crippen LogP contribution in [0, 0.1) is 10.1 Å². The molecule has 7 nitrogen and oxygen atoms in total.